The van der Waals surface area contributed by atoms with Gasteiger partial charge in [0.15, 0.2) is 0 Å². The number of hydrogen-bond donors (Lipinski definition) is 3. The van der Waals surface area contributed by atoms with E-state index in [1.54, 1.807) is 36.4 Å². The lowest BCUT2D eigenvalue weighted by atomic mass is 9.87. The minimum Gasteiger partial charge on any atom is -0.506 e. The van der Waals surface area contributed by atoms with Gasteiger partial charge in [0, 0.05) is 17.7 Å². The number of nitrogens with one attached hydrogen (secondary N) is 2. The third-order valence-electron chi connectivity index (χ3n) is 4.03. The summed E-state index contributed by atoms with van der Waals surface area (Å²) in [5.41, 5.74) is 2.03. The SMILES string of the molecule is CCCNC(=O)c1cccc(C(=O)Nc2cc(C(C)(C)C)ccc2O)c1. The number of phenols is 1. The summed E-state index contributed by atoms with van der Waals surface area (Å²) >= 11 is 0. The van der Waals surface area contributed by atoms with Gasteiger partial charge in [-0.25, -0.2) is 0 Å². The van der Waals surface area contributed by atoms with Gasteiger partial charge < -0.3 is 15.7 Å². The molecular formula is C21H26N2O3. The Labute approximate surface area is 154 Å². The van der Waals surface area contributed by atoms with E-state index < -0.39 is 0 Å². The van der Waals surface area contributed by atoms with E-state index in [9.17, 15) is 14.7 Å². The van der Waals surface area contributed by atoms with Gasteiger partial charge in [0.25, 0.3) is 11.8 Å². The molecule has 2 amide bonds. The molecule has 0 spiro atoms. The highest BCUT2D eigenvalue weighted by Crippen LogP contribution is 2.31. The van der Waals surface area contributed by atoms with Crippen molar-refractivity contribution in [3.63, 3.8) is 0 Å². The molecule has 0 atom stereocenters. The topological polar surface area (TPSA) is 78.4 Å². The molecule has 2 aromatic carbocycles. The molecule has 0 saturated carbocycles. The number of carbonyl (C=O) groups excluding carboxylic acids is 2. The zero-order valence-corrected chi connectivity index (χ0v) is 15.7. The Morgan fingerprint density at radius 1 is 1.00 bits per heavy atom. The first-order chi connectivity index (χ1) is 12.2. The van der Waals surface area contributed by atoms with E-state index in [1.165, 1.54) is 0 Å². The van der Waals surface area contributed by atoms with Crippen LogP contribution >= 0.6 is 0 Å². The van der Waals surface area contributed by atoms with Gasteiger partial charge in [0.1, 0.15) is 5.75 Å². The van der Waals surface area contributed by atoms with E-state index in [2.05, 4.69) is 31.4 Å². The van der Waals surface area contributed by atoms with E-state index in [0.29, 0.717) is 23.4 Å². The van der Waals surface area contributed by atoms with Crippen LogP contribution in [-0.2, 0) is 5.41 Å². The number of anilines is 1. The largest absolute Gasteiger partial charge is 0.506 e. The molecule has 5 nitrogen and oxygen atoms in total. The molecule has 0 radical (unpaired) electrons. The van der Waals surface area contributed by atoms with Gasteiger partial charge in [-0.15, -0.1) is 0 Å². The van der Waals surface area contributed by atoms with E-state index in [-0.39, 0.29) is 23.0 Å². The van der Waals surface area contributed by atoms with Gasteiger partial charge in [-0.2, -0.15) is 0 Å². The fourth-order valence-electron chi connectivity index (χ4n) is 2.44. The van der Waals surface area contributed by atoms with Gasteiger partial charge in [-0.1, -0.05) is 39.8 Å². The molecule has 2 aromatic rings. The van der Waals surface area contributed by atoms with Crippen molar-refractivity contribution in [3.8, 4) is 5.75 Å². The van der Waals surface area contributed by atoms with Gasteiger partial charge in [0.05, 0.1) is 5.69 Å². The maximum absolute atomic E-state index is 12.6. The Morgan fingerprint density at radius 2 is 1.65 bits per heavy atom. The van der Waals surface area contributed by atoms with Crippen LogP contribution in [0.15, 0.2) is 42.5 Å². The zero-order chi connectivity index (χ0) is 19.3. The van der Waals surface area contributed by atoms with E-state index >= 15 is 0 Å². The highest BCUT2D eigenvalue weighted by atomic mass is 16.3. The Bertz CT molecular complexity index is 807. The number of amides is 2. The molecule has 0 aromatic heterocycles. The number of benzene rings is 2. The monoisotopic (exact) mass is 354 g/mol. The third-order valence-corrected chi connectivity index (χ3v) is 4.03. The predicted molar refractivity (Wildman–Crippen MR) is 104 cm³/mol. The molecule has 0 fully saturated rings. The first kappa shape index (κ1) is 19.5. The van der Waals surface area contributed by atoms with Crippen molar-refractivity contribution in [3.05, 3.63) is 59.2 Å². The molecule has 0 heterocycles. The lowest BCUT2D eigenvalue weighted by molar-refractivity contribution is 0.0953. The van der Waals surface area contributed by atoms with E-state index in [4.69, 9.17) is 0 Å². The summed E-state index contributed by atoms with van der Waals surface area (Å²) in [4.78, 5) is 24.6. The van der Waals surface area contributed by atoms with Crippen molar-refractivity contribution in [2.45, 2.75) is 39.5 Å². The molecule has 26 heavy (non-hydrogen) atoms. The Balaban J connectivity index is 2.22. The predicted octanol–water partition coefficient (Wildman–Crippen LogP) is 4.08. The average molecular weight is 354 g/mol. The summed E-state index contributed by atoms with van der Waals surface area (Å²) in [7, 11) is 0. The summed E-state index contributed by atoms with van der Waals surface area (Å²) in [6.45, 7) is 8.74. The molecule has 3 N–H and O–H groups in total. The molecular weight excluding hydrogens is 328 g/mol. The van der Waals surface area contributed by atoms with Crippen LogP contribution in [0.3, 0.4) is 0 Å². The highest BCUT2D eigenvalue weighted by molar-refractivity contribution is 6.06. The van der Waals surface area contributed by atoms with E-state index in [0.717, 1.165) is 12.0 Å². The average Bonchev–Trinajstić information content (AvgIpc) is 2.60. The maximum atomic E-state index is 12.6. The van der Waals surface area contributed by atoms with Crippen molar-refractivity contribution in [2.75, 3.05) is 11.9 Å². The van der Waals surface area contributed by atoms with Crippen molar-refractivity contribution < 1.29 is 14.7 Å². The standard InChI is InChI=1S/C21H26N2O3/c1-5-11-22-19(25)14-7-6-8-15(12-14)20(26)23-17-13-16(21(2,3)4)9-10-18(17)24/h6-10,12-13,24H,5,11H2,1-4H3,(H,22,25)(H,23,26). The molecule has 2 rings (SSSR count). The van der Waals surface area contributed by atoms with Crippen molar-refractivity contribution >= 4 is 17.5 Å². The minimum absolute atomic E-state index is 0.00296. The number of phenolic OH excluding ortho intramolecular Hbond substituents is 1. The number of hydrogen-bond acceptors (Lipinski definition) is 3. The smallest absolute Gasteiger partial charge is 0.255 e. The summed E-state index contributed by atoms with van der Waals surface area (Å²) in [6, 6.07) is 11.7. The number of carbonyl (C=O) groups is 2. The number of rotatable bonds is 5. The van der Waals surface area contributed by atoms with Crippen LogP contribution < -0.4 is 10.6 Å². The first-order valence-electron chi connectivity index (χ1n) is 8.75. The van der Waals surface area contributed by atoms with Gasteiger partial charge in [-0.05, 0) is 47.7 Å². The molecule has 5 heteroatoms. The van der Waals surface area contributed by atoms with Gasteiger partial charge >= 0.3 is 0 Å². The molecule has 0 saturated heterocycles. The molecule has 0 bridgehead atoms. The van der Waals surface area contributed by atoms with Crippen LogP contribution in [0.2, 0.25) is 0 Å². The van der Waals surface area contributed by atoms with Crippen LogP contribution in [0.5, 0.6) is 5.75 Å². The normalized spacial score (nSPS) is 11.1. The van der Waals surface area contributed by atoms with Crippen molar-refractivity contribution in [2.24, 2.45) is 0 Å². The fourth-order valence-corrected chi connectivity index (χ4v) is 2.44. The fraction of sp³-hybridized carbons (Fsp3) is 0.333. The van der Waals surface area contributed by atoms with Crippen LogP contribution in [0.1, 0.15) is 60.4 Å². The highest BCUT2D eigenvalue weighted by Gasteiger charge is 2.17. The zero-order valence-electron chi connectivity index (χ0n) is 15.7. The minimum atomic E-state index is -0.378. The van der Waals surface area contributed by atoms with Crippen LogP contribution in [0.4, 0.5) is 5.69 Å². The van der Waals surface area contributed by atoms with Crippen molar-refractivity contribution in [1.82, 2.24) is 5.32 Å². The number of aromatic hydroxyl groups is 1. The molecule has 0 aliphatic heterocycles. The second kappa shape index (κ2) is 8.04. The second-order valence-electron chi connectivity index (χ2n) is 7.27. The molecule has 0 aliphatic rings. The summed E-state index contributed by atoms with van der Waals surface area (Å²) < 4.78 is 0. The Morgan fingerprint density at radius 3 is 2.27 bits per heavy atom. The lowest BCUT2D eigenvalue weighted by Gasteiger charge is -2.20. The van der Waals surface area contributed by atoms with Crippen LogP contribution in [0, 0.1) is 0 Å². The quantitative estimate of drug-likeness (QED) is 0.708. The van der Waals surface area contributed by atoms with Crippen LogP contribution in [-0.4, -0.2) is 23.5 Å². The van der Waals surface area contributed by atoms with Crippen LogP contribution in [0.25, 0.3) is 0 Å². The first-order valence-corrected chi connectivity index (χ1v) is 8.75. The lowest BCUT2D eigenvalue weighted by Crippen LogP contribution is -2.24. The Kier molecular flexibility index (Phi) is 6.03. The van der Waals surface area contributed by atoms with Crippen molar-refractivity contribution in [1.29, 1.82) is 0 Å². The summed E-state index contributed by atoms with van der Waals surface area (Å²) in [5.74, 6) is -0.584. The maximum Gasteiger partial charge on any atom is 0.255 e. The Hall–Kier alpha value is -2.82. The van der Waals surface area contributed by atoms with Gasteiger partial charge in [-0.3, -0.25) is 9.59 Å². The molecule has 0 unspecified atom stereocenters. The summed E-state index contributed by atoms with van der Waals surface area (Å²) in [5, 5.41) is 15.6. The van der Waals surface area contributed by atoms with Gasteiger partial charge in [0.2, 0.25) is 0 Å². The molecule has 0 aliphatic carbocycles. The second-order valence-corrected chi connectivity index (χ2v) is 7.27. The molecule has 138 valence electrons. The van der Waals surface area contributed by atoms with E-state index in [1.807, 2.05) is 13.0 Å². The third kappa shape index (κ3) is 4.85. The summed E-state index contributed by atoms with van der Waals surface area (Å²) in [6.07, 6.45) is 0.843.